The van der Waals surface area contributed by atoms with Crippen molar-refractivity contribution >= 4 is 5.91 Å². The zero-order valence-electron chi connectivity index (χ0n) is 14.3. The highest BCUT2D eigenvalue weighted by Crippen LogP contribution is 2.25. The summed E-state index contributed by atoms with van der Waals surface area (Å²) in [5.74, 6) is 0.303. The second kappa shape index (κ2) is 7.93. The number of amides is 1. The Morgan fingerprint density at radius 2 is 1.57 bits per heavy atom. The number of rotatable bonds is 3. The average molecular weight is 315 g/mol. The van der Waals surface area contributed by atoms with Gasteiger partial charge < -0.3 is 10.2 Å². The average Bonchev–Trinajstić information content (AvgIpc) is 2.87. The summed E-state index contributed by atoms with van der Waals surface area (Å²) in [6, 6.07) is 8.41. The summed E-state index contributed by atoms with van der Waals surface area (Å²) >= 11 is 0. The van der Waals surface area contributed by atoms with Crippen LogP contribution in [0.4, 0.5) is 0 Å². The SMILES string of the molecule is Cc1ccc(C(C(=O)N2CCCCCC2)N2CCNCC2)cc1. The van der Waals surface area contributed by atoms with Crippen LogP contribution in [0.2, 0.25) is 0 Å². The zero-order chi connectivity index (χ0) is 16.1. The second-order valence-electron chi connectivity index (χ2n) is 6.84. The first-order chi connectivity index (χ1) is 11.3. The minimum atomic E-state index is -0.115. The highest BCUT2D eigenvalue weighted by atomic mass is 16.2. The Morgan fingerprint density at radius 1 is 0.957 bits per heavy atom. The van der Waals surface area contributed by atoms with Crippen LogP contribution in [0.15, 0.2) is 24.3 Å². The van der Waals surface area contributed by atoms with Gasteiger partial charge in [0.15, 0.2) is 0 Å². The van der Waals surface area contributed by atoms with Crippen LogP contribution in [0.3, 0.4) is 0 Å². The van der Waals surface area contributed by atoms with Crippen LogP contribution in [0, 0.1) is 6.92 Å². The molecule has 1 atom stereocenters. The van der Waals surface area contributed by atoms with E-state index >= 15 is 0 Å². The topological polar surface area (TPSA) is 35.6 Å². The van der Waals surface area contributed by atoms with E-state index in [1.54, 1.807) is 0 Å². The first-order valence-corrected chi connectivity index (χ1v) is 9.06. The summed E-state index contributed by atoms with van der Waals surface area (Å²) in [6.07, 6.45) is 4.81. The van der Waals surface area contributed by atoms with Gasteiger partial charge in [0.05, 0.1) is 0 Å². The van der Waals surface area contributed by atoms with Gasteiger partial charge in [0.1, 0.15) is 6.04 Å². The fourth-order valence-electron chi connectivity index (χ4n) is 3.66. The highest BCUT2D eigenvalue weighted by molar-refractivity contribution is 5.83. The largest absolute Gasteiger partial charge is 0.341 e. The van der Waals surface area contributed by atoms with Crippen LogP contribution in [-0.2, 0) is 4.79 Å². The standard InChI is InChI=1S/C19H29N3O/c1-16-6-8-17(9-7-16)18(21-14-10-20-11-15-21)19(23)22-12-4-2-3-5-13-22/h6-9,18,20H,2-5,10-15H2,1H3. The zero-order valence-corrected chi connectivity index (χ0v) is 14.3. The van der Waals surface area contributed by atoms with Crippen LogP contribution in [0.5, 0.6) is 0 Å². The highest BCUT2D eigenvalue weighted by Gasteiger charge is 2.32. The van der Waals surface area contributed by atoms with Crippen molar-refractivity contribution in [2.24, 2.45) is 0 Å². The van der Waals surface area contributed by atoms with Crippen molar-refractivity contribution < 1.29 is 4.79 Å². The third-order valence-electron chi connectivity index (χ3n) is 5.06. The molecule has 2 fully saturated rings. The van der Waals surface area contributed by atoms with Gasteiger partial charge in [-0.2, -0.15) is 0 Å². The molecule has 2 heterocycles. The Bertz CT molecular complexity index is 500. The predicted octanol–water partition coefficient (Wildman–Crippen LogP) is 2.34. The van der Waals surface area contributed by atoms with Gasteiger partial charge in [0.2, 0.25) is 5.91 Å². The van der Waals surface area contributed by atoms with E-state index in [9.17, 15) is 4.79 Å². The lowest BCUT2D eigenvalue weighted by Gasteiger charge is -2.37. The van der Waals surface area contributed by atoms with Gasteiger partial charge >= 0.3 is 0 Å². The Morgan fingerprint density at radius 3 is 2.17 bits per heavy atom. The molecule has 1 aromatic carbocycles. The Kier molecular flexibility index (Phi) is 5.68. The fraction of sp³-hybridized carbons (Fsp3) is 0.632. The maximum Gasteiger partial charge on any atom is 0.244 e. The van der Waals surface area contributed by atoms with Gasteiger partial charge in [-0.05, 0) is 25.3 Å². The molecule has 1 amide bonds. The molecule has 0 aromatic heterocycles. The number of hydrogen-bond donors (Lipinski definition) is 1. The van der Waals surface area contributed by atoms with Crippen LogP contribution >= 0.6 is 0 Å². The molecule has 3 rings (SSSR count). The number of piperazine rings is 1. The van der Waals surface area contributed by atoms with E-state index < -0.39 is 0 Å². The van der Waals surface area contributed by atoms with Crippen molar-refractivity contribution in [3.8, 4) is 0 Å². The summed E-state index contributed by atoms with van der Waals surface area (Å²) in [5.41, 5.74) is 2.39. The lowest BCUT2D eigenvalue weighted by atomic mass is 10.0. The third kappa shape index (κ3) is 4.12. The van der Waals surface area contributed by atoms with Gasteiger partial charge in [0, 0.05) is 39.3 Å². The third-order valence-corrected chi connectivity index (χ3v) is 5.06. The number of likely N-dealkylation sites (tertiary alicyclic amines) is 1. The van der Waals surface area contributed by atoms with Crippen molar-refractivity contribution in [3.63, 3.8) is 0 Å². The number of benzene rings is 1. The lowest BCUT2D eigenvalue weighted by Crippen LogP contribution is -2.50. The number of carbonyl (C=O) groups is 1. The van der Waals surface area contributed by atoms with Crippen molar-refractivity contribution in [2.75, 3.05) is 39.3 Å². The van der Waals surface area contributed by atoms with Crippen LogP contribution in [-0.4, -0.2) is 55.0 Å². The number of hydrogen-bond acceptors (Lipinski definition) is 3. The predicted molar refractivity (Wildman–Crippen MR) is 93.4 cm³/mol. The van der Waals surface area contributed by atoms with Crippen LogP contribution in [0.25, 0.3) is 0 Å². The van der Waals surface area contributed by atoms with Crippen molar-refractivity contribution in [1.82, 2.24) is 15.1 Å². The van der Waals surface area contributed by atoms with E-state index in [2.05, 4.69) is 46.3 Å². The maximum absolute atomic E-state index is 13.3. The summed E-state index contributed by atoms with van der Waals surface area (Å²) in [5, 5.41) is 3.39. The Balaban J connectivity index is 1.83. The molecule has 0 saturated carbocycles. The van der Waals surface area contributed by atoms with Crippen LogP contribution < -0.4 is 5.32 Å². The van der Waals surface area contributed by atoms with Gasteiger partial charge in [-0.3, -0.25) is 9.69 Å². The molecule has 0 bridgehead atoms. The van der Waals surface area contributed by atoms with Crippen molar-refractivity contribution in [2.45, 2.75) is 38.6 Å². The van der Waals surface area contributed by atoms with E-state index in [0.717, 1.165) is 57.7 Å². The van der Waals surface area contributed by atoms with Gasteiger partial charge in [-0.1, -0.05) is 42.7 Å². The lowest BCUT2D eigenvalue weighted by molar-refractivity contribution is -0.137. The molecule has 2 saturated heterocycles. The first kappa shape index (κ1) is 16.5. The van der Waals surface area contributed by atoms with E-state index in [1.165, 1.54) is 18.4 Å². The molecule has 0 spiro atoms. The quantitative estimate of drug-likeness (QED) is 0.930. The van der Waals surface area contributed by atoms with Gasteiger partial charge in [-0.15, -0.1) is 0 Å². The molecule has 2 aliphatic rings. The number of aryl methyl sites for hydroxylation is 1. The molecular weight excluding hydrogens is 286 g/mol. The summed E-state index contributed by atoms with van der Waals surface area (Å²) in [7, 11) is 0. The number of nitrogens with zero attached hydrogens (tertiary/aromatic N) is 2. The molecule has 4 nitrogen and oxygen atoms in total. The molecule has 23 heavy (non-hydrogen) atoms. The molecule has 126 valence electrons. The van der Waals surface area contributed by atoms with E-state index in [4.69, 9.17) is 0 Å². The minimum Gasteiger partial charge on any atom is -0.341 e. The molecule has 1 aromatic rings. The van der Waals surface area contributed by atoms with Crippen LogP contribution in [0.1, 0.15) is 42.9 Å². The summed E-state index contributed by atoms with van der Waals surface area (Å²) in [6.45, 7) is 7.77. The molecule has 2 aliphatic heterocycles. The maximum atomic E-state index is 13.3. The van der Waals surface area contributed by atoms with Crippen molar-refractivity contribution in [1.29, 1.82) is 0 Å². The number of nitrogens with one attached hydrogen (secondary N) is 1. The van der Waals surface area contributed by atoms with Gasteiger partial charge in [-0.25, -0.2) is 0 Å². The molecule has 4 heteroatoms. The second-order valence-corrected chi connectivity index (χ2v) is 6.84. The first-order valence-electron chi connectivity index (χ1n) is 9.06. The van der Waals surface area contributed by atoms with E-state index in [-0.39, 0.29) is 6.04 Å². The van der Waals surface area contributed by atoms with Crippen molar-refractivity contribution in [3.05, 3.63) is 35.4 Å². The monoisotopic (exact) mass is 315 g/mol. The number of carbonyl (C=O) groups excluding carboxylic acids is 1. The van der Waals surface area contributed by atoms with Gasteiger partial charge in [0.25, 0.3) is 0 Å². The Hall–Kier alpha value is -1.39. The molecule has 0 aliphatic carbocycles. The Labute approximate surface area is 139 Å². The summed E-state index contributed by atoms with van der Waals surface area (Å²) < 4.78 is 0. The molecule has 0 radical (unpaired) electrons. The minimum absolute atomic E-state index is 0.115. The molecular formula is C19H29N3O. The summed E-state index contributed by atoms with van der Waals surface area (Å²) in [4.78, 5) is 17.8. The molecule has 1 unspecified atom stereocenters. The van der Waals surface area contributed by atoms with E-state index in [0.29, 0.717) is 5.91 Å². The van der Waals surface area contributed by atoms with E-state index in [1.807, 2.05) is 0 Å². The molecule has 1 N–H and O–H groups in total. The fourth-order valence-corrected chi connectivity index (χ4v) is 3.66. The smallest absolute Gasteiger partial charge is 0.244 e. The normalized spacial score (nSPS) is 21.7.